The number of carboxylic acids is 1. The highest BCUT2D eigenvalue weighted by molar-refractivity contribution is 9.10. The zero-order chi connectivity index (χ0) is 12.3. The van der Waals surface area contributed by atoms with Crippen LogP contribution in [-0.2, 0) is 10.2 Å². The topological polar surface area (TPSA) is 57.5 Å². The minimum absolute atomic E-state index is 0.0269. The standard InChI is InChI=1S/C11H12BrFO3/c1-11(4-5-14,10(15)16)8-3-2-7(12)6-9(8)13/h2-3,6,14H,4-5H2,1H3,(H,15,16). The van der Waals surface area contributed by atoms with Crippen molar-refractivity contribution in [1.82, 2.24) is 0 Å². The summed E-state index contributed by atoms with van der Waals surface area (Å²) in [5, 5.41) is 18.0. The van der Waals surface area contributed by atoms with E-state index in [-0.39, 0.29) is 18.6 Å². The number of carbonyl (C=O) groups is 1. The normalized spacial score (nSPS) is 14.5. The molecule has 0 radical (unpaired) electrons. The molecule has 0 bridgehead atoms. The van der Waals surface area contributed by atoms with Crippen molar-refractivity contribution in [3.63, 3.8) is 0 Å². The Kier molecular flexibility index (Phi) is 4.04. The fourth-order valence-electron chi connectivity index (χ4n) is 1.52. The molecule has 0 aliphatic heterocycles. The summed E-state index contributed by atoms with van der Waals surface area (Å²) in [5.74, 6) is -1.74. The lowest BCUT2D eigenvalue weighted by molar-refractivity contribution is -0.144. The Balaban J connectivity index is 3.26. The van der Waals surface area contributed by atoms with E-state index in [1.807, 2.05) is 0 Å². The first-order valence-corrected chi connectivity index (χ1v) is 5.51. The van der Waals surface area contributed by atoms with Gasteiger partial charge in [-0.05, 0) is 25.5 Å². The van der Waals surface area contributed by atoms with Crippen molar-refractivity contribution in [2.75, 3.05) is 6.61 Å². The second kappa shape index (κ2) is 4.93. The number of benzene rings is 1. The molecule has 0 amide bonds. The van der Waals surface area contributed by atoms with Gasteiger partial charge in [-0.3, -0.25) is 4.79 Å². The number of halogens is 2. The van der Waals surface area contributed by atoms with E-state index >= 15 is 0 Å². The Labute approximate surface area is 101 Å². The van der Waals surface area contributed by atoms with Crippen LogP contribution in [0.25, 0.3) is 0 Å². The largest absolute Gasteiger partial charge is 0.481 e. The lowest BCUT2D eigenvalue weighted by Gasteiger charge is -2.24. The average Bonchev–Trinajstić information content (AvgIpc) is 2.17. The van der Waals surface area contributed by atoms with Gasteiger partial charge in [0.05, 0.1) is 5.41 Å². The third-order valence-electron chi connectivity index (χ3n) is 2.61. The molecule has 0 saturated heterocycles. The van der Waals surface area contributed by atoms with Crippen LogP contribution in [-0.4, -0.2) is 22.8 Å². The lowest BCUT2D eigenvalue weighted by Crippen LogP contribution is -2.34. The van der Waals surface area contributed by atoms with Crippen LogP contribution in [0.15, 0.2) is 22.7 Å². The van der Waals surface area contributed by atoms with Gasteiger partial charge in [0.2, 0.25) is 0 Å². The van der Waals surface area contributed by atoms with Crippen LogP contribution in [0.4, 0.5) is 4.39 Å². The summed E-state index contributed by atoms with van der Waals surface area (Å²) in [6.07, 6.45) is -0.0269. The zero-order valence-corrected chi connectivity index (χ0v) is 10.3. The number of carboxylic acid groups (broad SMARTS) is 1. The molecule has 16 heavy (non-hydrogen) atoms. The maximum atomic E-state index is 13.7. The average molecular weight is 291 g/mol. The Morgan fingerprint density at radius 3 is 2.62 bits per heavy atom. The molecule has 0 fully saturated rings. The summed E-state index contributed by atoms with van der Waals surface area (Å²) in [7, 11) is 0. The smallest absolute Gasteiger partial charge is 0.314 e. The van der Waals surface area contributed by atoms with E-state index in [4.69, 9.17) is 10.2 Å². The van der Waals surface area contributed by atoms with Gasteiger partial charge in [-0.1, -0.05) is 22.0 Å². The molecule has 88 valence electrons. The van der Waals surface area contributed by atoms with E-state index < -0.39 is 17.2 Å². The second-order valence-electron chi connectivity index (χ2n) is 3.74. The van der Waals surface area contributed by atoms with Crippen molar-refractivity contribution in [2.45, 2.75) is 18.8 Å². The van der Waals surface area contributed by atoms with E-state index in [0.29, 0.717) is 4.47 Å². The van der Waals surface area contributed by atoms with Gasteiger partial charge in [0.1, 0.15) is 5.82 Å². The van der Waals surface area contributed by atoms with Crippen molar-refractivity contribution in [1.29, 1.82) is 0 Å². The molecule has 3 nitrogen and oxygen atoms in total. The van der Waals surface area contributed by atoms with Gasteiger partial charge >= 0.3 is 5.97 Å². The summed E-state index contributed by atoms with van der Waals surface area (Å²) in [6, 6.07) is 4.22. The number of rotatable bonds is 4. The minimum atomic E-state index is -1.40. The van der Waals surface area contributed by atoms with Crippen LogP contribution < -0.4 is 0 Å². The molecule has 2 N–H and O–H groups in total. The first-order valence-electron chi connectivity index (χ1n) is 4.71. The van der Waals surface area contributed by atoms with E-state index in [1.165, 1.54) is 19.1 Å². The molecular weight excluding hydrogens is 279 g/mol. The van der Waals surface area contributed by atoms with Crippen molar-refractivity contribution >= 4 is 21.9 Å². The molecule has 1 aromatic rings. The SMILES string of the molecule is CC(CCO)(C(=O)O)c1ccc(Br)cc1F. The maximum absolute atomic E-state index is 13.7. The summed E-state index contributed by atoms with van der Waals surface area (Å²) in [4.78, 5) is 11.2. The molecule has 5 heteroatoms. The van der Waals surface area contributed by atoms with E-state index in [2.05, 4.69) is 15.9 Å². The Hall–Kier alpha value is -0.940. The predicted octanol–water partition coefficient (Wildman–Crippen LogP) is 2.31. The van der Waals surface area contributed by atoms with Gasteiger partial charge in [-0.15, -0.1) is 0 Å². The van der Waals surface area contributed by atoms with Crippen LogP contribution in [0.3, 0.4) is 0 Å². The first kappa shape index (κ1) is 13.1. The van der Waals surface area contributed by atoms with E-state index in [0.717, 1.165) is 0 Å². The lowest BCUT2D eigenvalue weighted by atomic mass is 9.79. The molecule has 0 aliphatic carbocycles. The van der Waals surface area contributed by atoms with Crippen molar-refractivity contribution < 1.29 is 19.4 Å². The van der Waals surface area contributed by atoms with Gasteiger partial charge in [0, 0.05) is 16.6 Å². The predicted molar refractivity (Wildman–Crippen MR) is 60.8 cm³/mol. The third kappa shape index (κ3) is 2.41. The van der Waals surface area contributed by atoms with Gasteiger partial charge in [-0.2, -0.15) is 0 Å². The fraction of sp³-hybridized carbons (Fsp3) is 0.364. The molecule has 1 rings (SSSR count). The van der Waals surface area contributed by atoms with Crippen molar-refractivity contribution in [3.05, 3.63) is 34.1 Å². The van der Waals surface area contributed by atoms with Crippen LogP contribution in [0.5, 0.6) is 0 Å². The molecule has 1 atom stereocenters. The monoisotopic (exact) mass is 290 g/mol. The molecule has 0 spiro atoms. The highest BCUT2D eigenvalue weighted by atomic mass is 79.9. The number of aliphatic hydroxyl groups excluding tert-OH is 1. The summed E-state index contributed by atoms with van der Waals surface area (Å²) >= 11 is 3.10. The Morgan fingerprint density at radius 2 is 2.19 bits per heavy atom. The molecule has 0 aliphatic rings. The van der Waals surface area contributed by atoms with Gasteiger partial charge in [-0.25, -0.2) is 4.39 Å². The van der Waals surface area contributed by atoms with Crippen molar-refractivity contribution in [3.8, 4) is 0 Å². The molecule has 1 aromatic carbocycles. The zero-order valence-electron chi connectivity index (χ0n) is 8.70. The van der Waals surface area contributed by atoms with E-state index in [1.54, 1.807) is 6.07 Å². The fourth-order valence-corrected chi connectivity index (χ4v) is 1.85. The maximum Gasteiger partial charge on any atom is 0.314 e. The molecule has 0 saturated carbocycles. The van der Waals surface area contributed by atoms with Crippen LogP contribution in [0.1, 0.15) is 18.9 Å². The summed E-state index contributed by atoms with van der Waals surface area (Å²) in [6.45, 7) is 1.09. The highest BCUT2D eigenvalue weighted by Gasteiger charge is 2.36. The molecule has 1 unspecified atom stereocenters. The van der Waals surface area contributed by atoms with Crippen LogP contribution in [0.2, 0.25) is 0 Å². The van der Waals surface area contributed by atoms with Crippen molar-refractivity contribution in [2.24, 2.45) is 0 Å². The van der Waals surface area contributed by atoms with Gasteiger partial charge < -0.3 is 10.2 Å². The first-order chi connectivity index (χ1) is 7.41. The van der Waals surface area contributed by atoms with Gasteiger partial charge in [0.15, 0.2) is 0 Å². The van der Waals surface area contributed by atoms with E-state index in [9.17, 15) is 9.18 Å². The number of hydrogen-bond donors (Lipinski definition) is 2. The quantitative estimate of drug-likeness (QED) is 0.895. The molecule has 0 aromatic heterocycles. The number of aliphatic hydroxyl groups is 1. The number of aliphatic carboxylic acids is 1. The van der Waals surface area contributed by atoms with Crippen LogP contribution in [0, 0.1) is 5.82 Å². The summed E-state index contributed by atoms with van der Waals surface area (Å²) in [5.41, 5.74) is -1.32. The third-order valence-corrected chi connectivity index (χ3v) is 3.10. The van der Waals surface area contributed by atoms with Gasteiger partial charge in [0.25, 0.3) is 0 Å². The van der Waals surface area contributed by atoms with Crippen LogP contribution >= 0.6 is 15.9 Å². The Morgan fingerprint density at radius 1 is 1.56 bits per heavy atom. The second-order valence-corrected chi connectivity index (χ2v) is 4.65. The summed E-state index contributed by atoms with van der Waals surface area (Å²) < 4.78 is 14.2. The minimum Gasteiger partial charge on any atom is -0.481 e. The molecule has 0 heterocycles. The highest BCUT2D eigenvalue weighted by Crippen LogP contribution is 2.31. The number of hydrogen-bond acceptors (Lipinski definition) is 2. The Bertz CT molecular complexity index is 408. The molecular formula is C11H12BrFO3.